The highest BCUT2D eigenvalue weighted by molar-refractivity contribution is 5.95. The molecule has 108 valence electrons. The smallest absolute Gasteiger partial charge is 0.305 e. The van der Waals surface area contributed by atoms with Gasteiger partial charge in [0.15, 0.2) is 0 Å². The Balaban J connectivity index is 2.18. The number of hydrogen-bond donors (Lipinski definition) is 1. The van der Waals surface area contributed by atoms with Gasteiger partial charge in [0.25, 0.3) is 5.91 Å². The fourth-order valence-electron chi connectivity index (χ4n) is 2.49. The van der Waals surface area contributed by atoms with Crippen molar-refractivity contribution < 1.29 is 19.4 Å². The second-order valence-corrected chi connectivity index (χ2v) is 5.01. The molecule has 2 rings (SSSR count). The van der Waals surface area contributed by atoms with Crippen LogP contribution in [-0.4, -0.2) is 34.5 Å². The van der Waals surface area contributed by atoms with Crippen molar-refractivity contribution in [2.24, 2.45) is 0 Å². The van der Waals surface area contributed by atoms with Gasteiger partial charge in [-0.25, -0.2) is 0 Å². The van der Waals surface area contributed by atoms with Crippen LogP contribution in [0.1, 0.15) is 41.8 Å². The summed E-state index contributed by atoms with van der Waals surface area (Å²) < 4.78 is 5.33. The van der Waals surface area contributed by atoms with Gasteiger partial charge in [0.2, 0.25) is 0 Å². The van der Waals surface area contributed by atoms with E-state index in [4.69, 9.17) is 9.84 Å². The molecule has 1 heterocycles. The minimum absolute atomic E-state index is 0.0480. The molecule has 1 atom stereocenters. The number of carboxylic acids is 1. The van der Waals surface area contributed by atoms with Gasteiger partial charge in [-0.2, -0.15) is 0 Å². The van der Waals surface area contributed by atoms with Crippen molar-refractivity contribution in [1.29, 1.82) is 0 Å². The molecule has 20 heavy (non-hydrogen) atoms. The summed E-state index contributed by atoms with van der Waals surface area (Å²) in [5.74, 6) is -1.03. The third-order valence-electron chi connectivity index (χ3n) is 3.57. The number of fused-ring (bicyclic) bond motifs is 1. The number of benzene rings is 1. The summed E-state index contributed by atoms with van der Waals surface area (Å²) in [5, 5.41) is 8.85. The third kappa shape index (κ3) is 2.99. The Kier molecular flexibility index (Phi) is 4.39. The normalized spacial score (nSPS) is 14.7. The molecular formula is C15H19NO4. The van der Waals surface area contributed by atoms with Gasteiger partial charge in [-0.3, -0.25) is 9.59 Å². The molecule has 0 saturated heterocycles. The maximum absolute atomic E-state index is 12.5. The van der Waals surface area contributed by atoms with Crippen molar-refractivity contribution in [1.82, 2.24) is 4.90 Å². The van der Waals surface area contributed by atoms with Crippen LogP contribution >= 0.6 is 0 Å². The number of carbonyl (C=O) groups excluding carboxylic acids is 1. The molecule has 5 nitrogen and oxygen atoms in total. The Morgan fingerprint density at radius 1 is 1.35 bits per heavy atom. The van der Waals surface area contributed by atoms with Gasteiger partial charge < -0.3 is 14.7 Å². The van der Waals surface area contributed by atoms with Crippen LogP contribution in [0.3, 0.4) is 0 Å². The molecule has 0 aliphatic carbocycles. The van der Waals surface area contributed by atoms with Gasteiger partial charge in [-0.1, -0.05) is 6.07 Å². The topological polar surface area (TPSA) is 66.8 Å². The molecule has 1 unspecified atom stereocenters. The van der Waals surface area contributed by atoms with Crippen LogP contribution in [0.4, 0.5) is 0 Å². The van der Waals surface area contributed by atoms with Crippen LogP contribution in [0.25, 0.3) is 0 Å². The lowest BCUT2D eigenvalue weighted by Gasteiger charge is -2.27. The lowest BCUT2D eigenvalue weighted by molar-refractivity contribution is -0.138. The van der Waals surface area contributed by atoms with Gasteiger partial charge in [0.1, 0.15) is 0 Å². The number of aliphatic carboxylic acids is 1. The number of amides is 1. The van der Waals surface area contributed by atoms with Crippen LogP contribution in [0.5, 0.6) is 0 Å². The molecular weight excluding hydrogens is 258 g/mol. The maximum atomic E-state index is 12.5. The van der Waals surface area contributed by atoms with Crippen molar-refractivity contribution in [3.8, 4) is 0 Å². The van der Waals surface area contributed by atoms with E-state index in [2.05, 4.69) is 0 Å². The van der Waals surface area contributed by atoms with E-state index in [1.165, 1.54) is 0 Å². The lowest BCUT2D eigenvalue weighted by Crippen LogP contribution is -2.39. The fraction of sp³-hybridized carbons (Fsp3) is 0.467. The molecule has 0 spiro atoms. The van der Waals surface area contributed by atoms with E-state index < -0.39 is 5.97 Å². The predicted octanol–water partition coefficient (Wildman–Crippen LogP) is 2.04. The molecule has 1 aliphatic rings. The molecule has 0 fully saturated rings. The summed E-state index contributed by atoms with van der Waals surface area (Å²) in [6.07, 6.45) is -0.0480. The van der Waals surface area contributed by atoms with Gasteiger partial charge in [0, 0.05) is 18.2 Å². The Hall–Kier alpha value is -1.88. The third-order valence-corrected chi connectivity index (χ3v) is 3.57. The summed E-state index contributed by atoms with van der Waals surface area (Å²) in [6, 6.07) is 5.22. The number of carboxylic acid groups (broad SMARTS) is 1. The van der Waals surface area contributed by atoms with Crippen LogP contribution in [0.15, 0.2) is 18.2 Å². The van der Waals surface area contributed by atoms with Gasteiger partial charge >= 0.3 is 5.97 Å². The molecule has 0 aromatic heterocycles. The Bertz CT molecular complexity index is 527. The summed E-state index contributed by atoms with van der Waals surface area (Å²) in [5.41, 5.74) is 2.74. The van der Waals surface area contributed by atoms with Crippen LogP contribution in [0, 0.1) is 0 Å². The standard InChI is InChI=1S/C15H19NO4/c1-3-16(10(2)6-14(17)18)15(19)11-4-5-12-8-20-9-13(12)7-11/h4-5,7,10H,3,6,8-9H2,1-2H3,(H,17,18). The van der Waals surface area contributed by atoms with E-state index in [1.54, 1.807) is 17.9 Å². The van der Waals surface area contributed by atoms with E-state index in [1.807, 2.05) is 19.1 Å². The zero-order valence-electron chi connectivity index (χ0n) is 11.8. The average molecular weight is 277 g/mol. The van der Waals surface area contributed by atoms with Gasteiger partial charge in [-0.05, 0) is 37.1 Å². The zero-order chi connectivity index (χ0) is 14.7. The molecule has 1 aliphatic heterocycles. The van der Waals surface area contributed by atoms with Crippen molar-refractivity contribution in [2.75, 3.05) is 6.54 Å². The monoisotopic (exact) mass is 277 g/mol. The summed E-state index contributed by atoms with van der Waals surface area (Å²) in [4.78, 5) is 24.9. The van der Waals surface area contributed by atoms with E-state index in [0.717, 1.165) is 11.1 Å². The molecule has 5 heteroatoms. The number of hydrogen-bond acceptors (Lipinski definition) is 3. The number of ether oxygens (including phenoxy) is 1. The fourth-order valence-corrected chi connectivity index (χ4v) is 2.49. The molecule has 1 aromatic carbocycles. The summed E-state index contributed by atoms with van der Waals surface area (Å²) in [6.45, 7) is 5.23. The Morgan fingerprint density at radius 2 is 2.05 bits per heavy atom. The first kappa shape index (κ1) is 14.5. The predicted molar refractivity (Wildman–Crippen MR) is 73.4 cm³/mol. The summed E-state index contributed by atoms with van der Waals surface area (Å²) >= 11 is 0. The maximum Gasteiger partial charge on any atom is 0.305 e. The largest absolute Gasteiger partial charge is 0.481 e. The molecule has 0 bridgehead atoms. The Morgan fingerprint density at radius 3 is 2.70 bits per heavy atom. The van der Waals surface area contributed by atoms with E-state index >= 15 is 0 Å². The van der Waals surface area contributed by atoms with Crippen molar-refractivity contribution in [2.45, 2.75) is 39.5 Å². The summed E-state index contributed by atoms with van der Waals surface area (Å²) in [7, 11) is 0. The van der Waals surface area contributed by atoms with E-state index in [9.17, 15) is 9.59 Å². The molecule has 0 radical (unpaired) electrons. The van der Waals surface area contributed by atoms with Crippen molar-refractivity contribution in [3.05, 3.63) is 34.9 Å². The second-order valence-electron chi connectivity index (χ2n) is 5.01. The quantitative estimate of drug-likeness (QED) is 0.894. The first-order chi connectivity index (χ1) is 9.52. The first-order valence-electron chi connectivity index (χ1n) is 6.75. The highest BCUT2D eigenvalue weighted by Gasteiger charge is 2.23. The number of rotatable bonds is 5. The minimum Gasteiger partial charge on any atom is -0.481 e. The molecule has 1 amide bonds. The van der Waals surface area contributed by atoms with Gasteiger partial charge in [0.05, 0.1) is 19.6 Å². The van der Waals surface area contributed by atoms with Crippen LogP contribution in [-0.2, 0) is 22.7 Å². The lowest BCUT2D eigenvalue weighted by atomic mass is 10.0. The SMILES string of the molecule is CCN(C(=O)c1ccc2c(c1)COC2)C(C)CC(=O)O. The zero-order valence-corrected chi connectivity index (χ0v) is 11.8. The number of carbonyl (C=O) groups is 2. The molecule has 1 N–H and O–H groups in total. The van der Waals surface area contributed by atoms with Crippen molar-refractivity contribution >= 4 is 11.9 Å². The minimum atomic E-state index is -0.897. The molecule has 0 saturated carbocycles. The second kappa shape index (κ2) is 6.05. The first-order valence-corrected chi connectivity index (χ1v) is 6.75. The van der Waals surface area contributed by atoms with E-state index in [-0.39, 0.29) is 18.4 Å². The van der Waals surface area contributed by atoms with Crippen LogP contribution < -0.4 is 0 Å². The Labute approximate surface area is 118 Å². The van der Waals surface area contributed by atoms with Crippen molar-refractivity contribution in [3.63, 3.8) is 0 Å². The highest BCUT2D eigenvalue weighted by atomic mass is 16.5. The number of nitrogens with zero attached hydrogens (tertiary/aromatic N) is 1. The van der Waals surface area contributed by atoms with Crippen LogP contribution in [0.2, 0.25) is 0 Å². The van der Waals surface area contributed by atoms with E-state index in [0.29, 0.717) is 25.3 Å². The van der Waals surface area contributed by atoms with Gasteiger partial charge in [-0.15, -0.1) is 0 Å². The molecule has 1 aromatic rings. The average Bonchev–Trinajstić information content (AvgIpc) is 2.85. The highest BCUT2D eigenvalue weighted by Crippen LogP contribution is 2.22.